The number of halogens is 3. The van der Waals surface area contributed by atoms with Gasteiger partial charge in [-0.2, -0.15) is 13.2 Å². The Labute approximate surface area is 150 Å². The Morgan fingerprint density at radius 3 is 2.31 bits per heavy atom. The first kappa shape index (κ1) is 18.1. The molecule has 2 aromatic carbocycles. The maximum Gasteiger partial charge on any atom is 0.416 e. The highest BCUT2D eigenvalue weighted by Crippen LogP contribution is 2.30. The highest BCUT2D eigenvalue weighted by molar-refractivity contribution is 5.81. The van der Waals surface area contributed by atoms with Crippen LogP contribution in [0.25, 0.3) is 0 Å². The molecule has 2 aromatic rings. The van der Waals surface area contributed by atoms with Crippen LogP contribution >= 0.6 is 0 Å². The van der Waals surface area contributed by atoms with E-state index in [1.165, 1.54) is 12.1 Å². The smallest absolute Gasteiger partial charge is 0.376 e. The van der Waals surface area contributed by atoms with Gasteiger partial charge in [-0.15, -0.1) is 0 Å². The molecule has 1 saturated heterocycles. The lowest BCUT2D eigenvalue weighted by molar-refractivity contribution is -0.137. The Balaban J connectivity index is 1.51. The fraction of sp³-hybridized carbons (Fsp3) is 0.316. The zero-order chi connectivity index (χ0) is 18.6. The first-order valence-electron chi connectivity index (χ1n) is 8.42. The third-order valence-corrected chi connectivity index (χ3v) is 4.39. The molecule has 1 amide bonds. The van der Waals surface area contributed by atoms with Gasteiger partial charge in [0.25, 0.3) is 0 Å². The topological polar surface area (TPSA) is 35.6 Å². The van der Waals surface area contributed by atoms with Gasteiger partial charge in [-0.1, -0.05) is 24.3 Å². The standard InChI is InChI=1S/C19H20F3N3O/c20-19(21,22)15-5-4-6-16(13-15)23-14-18(26)25-11-9-24(10-12-25)17-7-2-1-3-8-17/h1-8,13,23H,9-12,14H2. The molecule has 0 aromatic heterocycles. The minimum atomic E-state index is -4.39. The van der Waals surface area contributed by atoms with E-state index < -0.39 is 11.7 Å². The second-order valence-electron chi connectivity index (χ2n) is 6.14. The van der Waals surface area contributed by atoms with Gasteiger partial charge in [-0.05, 0) is 30.3 Å². The normalized spacial score (nSPS) is 15.0. The molecule has 0 unspecified atom stereocenters. The molecule has 1 aliphatic heterocycles. The molecule has 0 atom stereocenters. The summed E-state index contributed by atoms with van der Waals surface area (Å²) < 4.78 is 38.2. The van der Waals surface area contributed by atoms with Crippen LogP contribution in [0.2, 0.25) is 0 Å². The SMILES string of the molecule is O=C(CNc1cccc(C(F)(F)F)c1)N1CCN(c2ccccc2)CC1. The Morgan fingerprint density at radius 1 is 0.962 bits per heavy atom. The van der Waals surface area contributed by atoms with Crippen LogP contribution in [0.3, 0.4) is 0 Å². The molecule has 4 nitrogen and oxygen atoms in total. The maximum absolute atomic E-state index is 12.7. The van der Waals surface area contributed by atoms with Crippen molar-refractivity contribution in [2.75, 3.05) is 42.9 Å². The average molecular weight is 363 g/mol. The number of amides is 1. The van der Waals surface area contributed by atoms with Crippen LogP contribution in [0.15, 0.2) is 54.6 Å². The van der Waals surface area contributed by atoms with Gasteiger partial charge in [0.1, 0.15) is 0 Å². The van der Waals surface area contributed by atoms with Crippen LogP contribution in [-0.2, 0) is 11.0 Å². The van der Waals surface area contributed by atoms with Gasteiger partial charge in [0, 0.05) is 37.6 Å². The summed E-state index contributed by atoms with van der Waals surface area (Å²) in [5.74, 6) is -0.116. The van der Waals surface area contributed by atoms with E-state index in [4.69, 9.17) is 0 Å². The highest BCUT2D eigenvalue weighted by atomic mass is 19.4. The van der Waals surface area contributed by atoms with E-state index in [-0.39, 0.29) is 18.1 Å². The fourth-order valence-corrected chi connectivity index (χ4v) is 2.95. The molecule has 1 heterocycles. The number of carbonyl (C=O) groups excluding carboxylic acids is 1. The minimum Gasteiger partial charge on any atom is -0.376 e. The number of anilines is 2. The van der Waals surface area contributed by atoms with E-state index in [9.17, 15) is 18.0 Å². The maximum atomic E-state index is 12.7. The first-order chi connectivity index (χ1) is 12.4. The van der Waals surface area contributed by atoms with Gasteiger partial charge in [-0.3, -0.25) is 4.79 Å². The molecule has 138 valence electrons. The summed E-state index contributed by atoms with van der Waals surface area (Å²) in [5.41, 5.74) is 0.684. The number of nitrogens with zero attached hydrogens (tertiary/aromatic N) is 2. The van der Waals surface area contributed by atoms with Crippen molar-refractivity contribution in [3.8, 4) is 0 Å². The predicted octanol–water partition coefficient (Wildman–Crippen LogP) is 3.47. The van der Waals surface area contributed by atoms with Crippen LogP contribution in [0.4, 0.5) is 24.5 Å². The second-order valence-corrected chi connectivity index (χ2v) is 6.14. The van der Waals surface area contributed by atoms with Crippen molar-refractivity contribution in [3.05, 3.63) is 60.2 Å². The lowest BCUT2D eigenvalue weighted by atomic mass is 10.2. The molecule has 0 radical (unpaired) electrons. The molecule has 1 fully saturated rings. The fourth-order valence-electron chi connectivity index (χ4n) is 2.95. The number of para-hydroxylation sites is 1. The molecule has 0 saturated carbocycles. The number of nitrogens with one attached hydrogen (secondary N) is 1. The quantitative estimate of drug-likeness (QED) is 0.904. The molecular formula is C19H20F3N3O. The molecule has 1 aliphatic rings. The lowest BCUT2D eigenvalue weighted by Gasteiger charge is -2.36. The summed E-state index contributed by atoms with van der Waals surface area (Å²) in [5, 5.41) is 2.79. The van der Waals surface area contributed by atoms with Crippen molar-refractivity contribution in [1.82, 2.24) is 4.90 Å². The number of benzene rings is 2. The van der Waals surface area contributed by atoms with Crippen molar-refractivity contribution >= 4 is 17.3 Å². The van der Waals surface area contributed by atoms with E-state index >= 15 is 0 Å². The number of carbonyl (C=O) groups is 1. The zero-order valence-corrected chi connectivity index (χ0v) is 14.2. The Kier molecular flexibility index (Phi) is 5.35. The largest absolute Gasteiger partial charge is 0.416 e. The van der Waals surface area contributed by atoms with Gasteiger partial charge in [0.05, 0.1) is 12.1 Å². The van der Waals surface area contributed by atoms with Crippen molar-refractivity contribution in [2.45, 2.75) is 6.18 Å². The van der Waals surface area contributed by atoms with Crippen molar-refractivity contribution in [1.29, 1.82) is 0 Å². The summed E-state index contributed by atoms with van der Waals surface area (Å²) in [7, 11) is 0. The van der Waals surface area contributed by atoms with Crippen LogP contribution in [-0.4, -0.2) is 43.5 Å². The predicted molar refractivity (Wildman–Crippen MR) is 95.2 cm³/mol. The highest BCUT2D eigenvalue weighted by Gasteiger charge is 2.30. The Bertz CT molecular complexity index is 741. The van der Waals surface area contributed by atoms with E-state index in [0.717, 1.165) is 30.9 Å². The van der Waals surface area contributed by atoms with Crippen LogP contribution in [0, 0.1) is 0 Å². The summed E-state index contributed by atoms with van der Waals surface area (Å²) in [6.07, 6.45) is -4.39. The van der Waals surface area contributed by atoms with Gasteiger partial charge < -0.3 is 15.1 Å². The second kappa shape index (κ2) is 7.68. The monoisotopic (exact) mass is 363 g/mol. The van der Waals surface area contributed by atoms with E-state index in [1.807, 2.05) is 30.3 Å². The zero-order valence-electron chi connectivity index (χ0n) is 14.2. The van der Waals surface area contributed by atoms with Crippen LogP contribution in [0.1, 0.15) is 5.56 Å². The van der Waals surface area contributed by atoms with Crippen molar-refractivity contribution < 1.29 is 18.0 Å². The minimum absolute atomic E-state index is 0.0212. The number of piperazine rings is 1. The summed E-state index contributed by atoms with van der Waals surface area (Å²) in [4.78, 5) is 16.3. The van der Waals surface area contributed by atoms with Gasteiger partial charge in [0.15, 0.2) is 0 Å². The van der Waals surface area contributed by atoms with Crippen molar-refractivity contribution in [2.24, 2.45) is 0 Å². The average Bonchev–Trinajstić information content (AvgIpc) is 2.66. The molecule has 7 heteroatoms. The Hall–Kier alpha value is -2.70. The van der Waals surface area contributed by atoms with Crippen LogP contribution < -0.4 is 10.2 Å². The third kappa shape index (κ3) is 4.47. The third-order valence-electron chi connectivity index (χ3n) is 4.39. The van der Waals surface area contributed by atoms with Gasteiger partial charge >= 0.3 is 6.18 Å². The number of hydrogen-bond acceptors (Lipinski definition) is 3. The first-order valence-corrected chi connectivity index (χ1v) is 8.42. The summed E-state index contributed by atoms with van der Waals surface area (Å²) in [6.45, 7) is 2.64. The van der Waals surface area contributed by atoms with Crippen LogP contribution in [0.5, 0.6) is 0 Å². The number of rotatable bonds is 4. The van der Waals surface area contributed by atoms with E-state index in [2.05, 4.69) is 10.2 Å². The summed E-state index contributed by atoms with van der Waals surface area (Å²) in [6, 6.07) is 14.9. The molecule has 0 aliphatic carbocycles. The van der Waals surface area contributed by atoms with E-state index in [0.29, 0.717) is 13.1 Å². The number of hydrogen-bond donors (Lipinski definition) is 1. The van der Waals surface area contributed by atoms with Gasteiger partial charge in [-0.25, -0.2) is 0 Å². The molecule has 3 rings (SSSR count). The Morgan fingerprint density at radius 2 is 1.65 bits per heavy atom. The molecule has 1 N–H and O–H groups in total. The van der Waals surface area contributed by atoms with E-state index in [1.54, 1.807) is 4.90 Å². The summed E-state index contributed by atoms with van der Waals surface area (Å²) >= 11 is 0. The van der Waals surface area contributed by atoms with Gasteiger partial charge in [0.2, 0.25) is 5.91 Å². The lowest BCUT2D eigenvalue weighted by Crippen LogP contribution is -2.50. The number of alkyl halides is 3. The van der Waals surface area contributed by atoms with Crippen molar-refractivity contribution in [3.63, 3.8) is 0 Å². The molecule has 0 spiro atoms. The molecule has 0 bridgehead atoms. The molecule has 26 heavy (non-hydrogen) atoms. The molecular weight excluding hydrogens is 343 g/mol.